The monoisotopic (exact) mass is 309 g/mol. The molecule has 23 heavy (non-hydrogen) atoms. The lowest BCUT2D eigenvalue weighted by Crippen LogP contribution is -2.06. The van der Waals surface area contributed by atoms with Crippen molar-refractivity contribution in [2.24, 2.45) is 0 Å². The molecule has 0 aliphatic carbocycles. The van der Waals surface area contributed by atoms with Crippen molar-refractivity contribution < 1.29 is 14.3 Å². The van der Waals surface area contributed by atoms with E-state index in [0.29, 0.717) is 11.4 Å². The number of amides is 1. The Morgan fingerprint density at radius 1 is 1.04 bits per heavy atom. The zero-order valence-electron chi connectivity index (χ0n) is 13.4. The van der Waals surface area contributed by atoms with Gasteiger partial charge in [-0.2, -0.15) is 0 Å². The molecule has 0 spiro atoms. The van der Waals surface area contributed by atoms with Crippen LogP contribution in [0.25, 0.3) is 6.08 Å². The summed E-state index contributed by atoms with van der Waals surface area (Å²) in [5.41, 5.74) is 3.92. The van der Waals surface area contributed by atoms with Crippen LogP contribution in [0, 0.1) is 13.8 Å². The molecule has 0 radical (unpaired) electrons. The minimum absolute atomic E-state index is 0.147. The van der Waals surface area contributed by atoms with E-state index < -0.39 is 5.97 Å². The van der Waals surface area contributed by atoms with Crippen LogP contribution in [-0.2, 0) is 9.59 Å². The molecule has 1 N–H and O–H groups in total. The summed E-state index contributed by atoms with van der Waals surface area (Å²) >= 11 is 0. The Balaban J connectivity index is 1.98. The van der Waals surface area contributed by atoms with Gasteiger partial charge in [-0.15, -0.1) is 0 Å². The third-order valence-corrected chi connectivity index (χ3v) is 3.22. The smallest absolute Gasteiger partial charge is 0.336 e. The van der Waals surface area contributed by atoms with Gasteiger partial charge < -0.3 is 10.1 Å². The second kappa shape index (κ2) is 7.40. The maximum atomic E-state index is 11.8. The van der Waals surface area contributed by atoms with Crippen molar-refractivity contribution >= 4 is 23.6 Å². The first-order valence-corrected chi connectivity index (χ1v) is 7.29. The molecule has 2 rings (SSSR count). The molecule has 4 nitrogen and oxygen atoms in total. The first kappa shape index (κ1) is 16.5. The third-order valence-electron chi connectivity index (χ3n) is 3.22. The molecular weight excluding hydrogens is 290 g/mol. The van der Waals surface area contributed by atoms with Crippen molar-refractivity contribution in [1.82, 2.24) is 0 Å². The van der Waals surface area contributed by atoms with Gasteiger partial charge in [0.05, 0.1) is 0 Å². The Morgan fingerprint density at radius 2 is 1.74 bits per heavy atom. The molecule has 0 unspecified atom stereocenters. The van der Waals surface area contributed by atoms with Crippen molar-refractivity contribution in [3.63, 3.8) is 0 Å². The summed E-state index contributed by atoms with van der Waals surface area (Å²) in [6.45, 7) is 5.46. The van der Waals surface area contributed by atoms with Crippen LogP contribution in [0.15, 0.2) is 48.5 Å². The predicted molar refractivity (Wildman–Crippen MR) is 91.3 cm³/mol. The van der Waals surface area contributed by atoms with E-state index in [9.17, 15) is 9.59 Å². The summed E-state index contributed by atoms with van der Waals surface area (Å²) in [4.78, 5) is 22.8. The fourth-order valence-corrected chi connectivity index (χ4v) is 2.13. The lowest BCUT2D eigenvalue weighted by atomic mass is 10.1. The van der Waals surface area contributed by atoms with E-state index >= 15 is 0 Å². The lowest BCUT2D eigenvalue weighted by Gasteiger charge is -2.05. The molecule has 0 bridgehead atoms. The number of carbonyl (C=O) groups is 2. The van der Waals surface area contributed by atoms with Gasteiger partial charge in [-0.05, 0) is 55.3 Å². The van der Waals surface area contributed by atoms with Crippen LogP contribution in [0.3, 0.4) is 0 Å². The van der Waals surface area contributed by atoms with Gasteiger partial charge in [-0.25, -0.2) is 4.79 Å². The molecule has 0 fully saturated rings. The molecule has 1 amide bonds. The highest BCUT2D eigenvalue weighted by Gasteiger charge is 2.02. The average molecular weight is 309 g/mol. The Labute approximate surface area is 135 Å². The van der Waals surface area contributed by atoms with Crippen LogP contribution in [-0.4, -0.2) is 11.9 Å². The fourth-order valence-electron chi connectivity index (χ4n) is 2.13. The summed E-state index contributed by atoms with van der Waals surface area (Å²) < 4.78 is 5.22. The number of anilines is 1. The Kier molecular flexibility index (Phi) is 5.31. The van der Waals surface area contributed by atoms with Gasteiger partial charge >= 0.3 is 5.97 Å². The van der Waals surface area contributed by atoms with E-state index in [1.807, 2.05) is 26.0 Å². The van der Waals surface area contributed by atoms with Crippen molar-refractivity contribution in [3.05, 3.63) is 65.2 Å². The van der Waals surface area contributed by atoms with Gasteiger partial charge in [-0.3, -0.25) is 4.79 Å². The molecule has 0 aliphatic heterocycles. The Hall–Kier alpha value is -2.88. The van der Waals surface area contributed by atoms with Gasteiger partial charge in [0.25, 0.3) is 0 Å². The zero-order valence-corrected chi connectivity index (χ0v) is 13.4. The number of hydrogen-bond acceptors (Lipinski definition) is 3. The van der Waals surface area contributed by atoms with E-state index in [-0.39, 0.29) is 5.91 Å². The largest absolute Gasteiger partial charge is 0.423 e. The van der Waals surface area contributed by atoms with E-state index in [2.05, 4.69) is 11.4 Å². The summed E-state index contributed by atoms with van der Waals surface area (Å²) in [5.74, 6) is -0.169. The Morgan fingerprint density at radius 3 is 2.35 bits per heavy atom. The molecule has 0 saturated heterocycles. The second-order valence-corrected chi connectivity index (χ2v) is 5.32. The van der Waals surface area contributed by atoms with Crippen LogP contribution < -0.4 is 10.1 Å². The van der Waals surface area contributed by atoms with Crippen molar-refractivity contribution in [1.29, 1.82) is 0 Å². The highest BCUT2D eigenvalue weighted by Crippen LogP contribution is 2.16. The molecule has 2 aromatic carbocycles. The predicted octanol–water partition coefficient (Wildman–Crippen LogP) is 3.88. The SMILES string of the molecule is CC(=O)Nc1ccc(OC(=O)/C=C/c2ccc(C)cc2C)cc1. The lowest BCUT2D eigenvalue weighted by molar-refractivity contribution is -0.128. The van der Waals surface area contributed by atoms with Crippen LogP contribution >= 0.6 is 0 Å². The van der Waals surface area contributed by atoms with Crippen molar-refractivity contribution in [2.75, 3.05) is 5.32 Å². The first-order valence-electron chi connectivity index (χ1n) is 7.29. The molecule has 4 heteroatoms. The molecule has 0 aromatic heterocycles. The average Bonchev–Trinajstić information content (AvgIpc) is 2.48. The number of hydrogen-bond donors (Lipinski definition) is 1. The quantitative estimate of drug-likeness (QED) is 0.530. The number of rotatable bonds is 4. The number of ether oxygens (including phenoxy) is 1. The summed E-state index contributed by atoms with van der Waals surface area (Å²) in [7, 11) is 0. The molecule has 0 saturated carbocycles. The van der Waals surface area contributed by atoms with Crippen molar-refractivity contribution in [2.45, 2.75) is 20.8 Å². The molecule has 0 atom stereocenters. The highest BCUT2D eigenvalue weighted by atomic mass is 16.5. The van der Waals surface area contributed by atoms with E-state index in [4.69, 9.17) is 4.74 Å². The zero-order chi connectivity index (χ0) is 16.8. The highest BCUT2D eigenvalue weighted by molar-refractivity contribution is 5.90. The van der Waals surface area contributed by atoms with E-state index in [1.165, 1.54) is 18.6 Å². The minimum Gasteiger partial charge on any atom is -0.423 e. The van der Waals surface area contributed by atoms with Crippen LogP contribution in [0.5, 0.6) is 5.75 Å². The number of carbonyl (C=O) groups excluding carboxylic acids is 2. The van der Waals surface area contributed by atoms with Crippen molar-refractivity contribution in [3.8, 4) is 5.75 Å². The summed E-state index contributed by atoms with van der Waals surface area (Å²) in [5, 5.41) is 2.65. The molecule has 0 aliphatic rings. The van der Waals surface area contributed by atoms with Crippen LogP contribution in [0.2, 0.25) is 0 Å². The molecule has 118 valence electrons. The minimum atomic E-state index is -0.447. The maximum Gasteiger partial charge on any atom is 0.336 e. The van der Waals surface area contributed by atoms with Gasteiger partial charge in [-0.1, -0.05) is 23.8 Å². The number of aryl methyl sites for hydroxylation is 2. The number of benzene rings is 2. The summed E-state index contributed by atoms with van der Waals surface area (Å²) in [6, 6.07) is 12.7. The molecule has 0 heterocycles. The first-order chi connectivity index (χ1) is 10.9. The van der Waals surface area contributed by atoms with Gasteiger partial charge in [0.1, 0.15) is 5.75 Å². The van der Waals surface area contributed by atoms with Gasteiger partial charge in [0.15, 0.2) is 0 Å². The van der Waals surface area contributed by atoms with E-state index in [0.717, 1.165) is 11.1 Å². The third kappa shape index (κ3) is 5.11. The fraction of sp³-hybridized carbons (Fsp3) is 0.158. The molecule has 2 aromatic rings. The van der Waals surface area contributed by atoms with Crippen LogP contribution in [0.1, 0.15) is 23.6 Å². The van der Waals surface area contributed by atoms with Gasteiger partial charge in [0, 0.05) is 18.7 Å². The topological polar surface area (TPSA) is 55.4 Å². The maximum absolute atomic E-state index is 11.8. The van der Waals surface area contributed by atoms with Gasteiger partial charge in [0.2, 0.25) is 5.91 Å². The number of esters is 1. The Bertz CT molecular complexity index is 746. The van der Waals surface area contributed by atoms with Crippen LogP contribution in [0.4, 0.5) is 5.69 Å². The number of nitrogens with one attached hydrogen (secondary N) is 1. The normalized spacial score (nSPS) is 10.6. The van der Waals surface area contributed by atoms with E-state index in [1.54, 1.807) is 30.3 Å². The standard InChI is InChI=1S/C19H19NO3/c1-13-4-5-16(14(2)12-13)6-11-19(22)23-18-9-7-17(8-10-18)20-15(3)21/h4-12H,1-3H3,(H,20,21)/b11-6+. The second-order valence-electron chi connectivity index (χ2n) is 5.32. The summed E-state index contributed by atoms with van der Waals surface area (Å²) in [6.07, 6.45) is 3.14. The molecular formula is C19H19NO3.